The Morgan fingerprint density at radius 3 is 2.41 bits per heavy atom. The summed E-state index contributed by atoms with van der Waals surface area (Å²) in [6, 6.07) is 7.69. The second kappa shape index (κ2) is 10.00. The molecule has 0 spiro atoms. The van der Waals surface area contributed by atoms with E-state index in [1.807, 2.05) is 24.3 Å². The SMILES string of the molecule is Cc1c(Cl)c([N+](=O)[O-])nn1CC(=O)NCCNC(=O)c1nc(-c2ccc(C(C)(C)C)cc2)no1. The Morgan fingerprint density at radius 1 is 1.18 bits per heavy atom. The number of aromatic nitrogens is 4. The lowest BCUT2D eigenvalue weighted by atomic mass is 9.87. The molecule has 0 unspecified atom stereocenters. The highest BCUT2D eigenvalue weighted by Gasteiger charge is 2.25. The van der Waals surface area contributed by atoms with Gasteiger partial charge in [0.05, 0.1) is 10.8 Å². The van der Waals surface area contributed by atoms with Crippen molar-refractivity contribution in [3.05, 3.63) is 56.6 Å². The summed E-state index contributed by atoms with van der Waals surface area (Å²) in [5, 5.41) is 23.5. The van der Waals surface area contributed by atoms with E-state index in [2.05, 4.69) is 46.6 Å². The molecule has 1 aromatic carbocycles. The van der Waals surface area contributed by atoms with Crippen LogP contribution >= 0.6 is 11.6 Å². The Hall–Kier alpha value is -3.80. The molecule has 13 heteroatoms. The van der Waals surface area contributed by atoms with Crippen molar-refractivity contribution >= 4 is 29.2 Å². The van der Waals surface area contributed by atoms with Gasteiger partial charge in [-0.25, -0.2) is 0 Å². The Bertz CT molecular complexity index is 1210. The fourth-order valence-electron chi connectivity index (χ4n) is 2.98. The number of nitrogens with one attached hydrogen (secondary N) is 2. The molecule has 0 saturated heterocycles. The van der Waals surface area contributed by atoms with E-state index in [9.17, 15) is 19.7 Å². The number of carbonyl (C=O) groups is 2. The predicted octanol–water partition coefficient (Wildman–Crippen LogP) is 2.65. The van der Waals surface area contributed by atoms with Gasteiger partial charge in [-0.15, -0.1) is 0 Å². The smallest absolute Gasteiger partial charge is 0.358 e. The van der Waals surface area contributed by atoms with Gasteiger partial charge < -0.3 is 25.3 Å². The first kappa shape index (κ1) is 24.8. The zero-order valence-corrected chi connectivity index (χ0v) is 19.8. The standard InChI is InChI=1S/C21H24ClN7O5/c1-12-16(22)18(29(32)33)26-28(12)11-15(30)23-9-10-24-19(31)20-25-17(27-34-20)13-5-7-14(8-6-13)21(2,3)4/h5-8H,9-11H2,1-4H3,(H,23,30)(H,24,31). The van der Waals surface area contributed by atoms with Crippen LogP contribution in [0.1, 0.15) is 42.7 Å². The van der Waals surface area contributed by atoms with Gasteiger partial charge in [0, 0.05) is 18.7 Å². The van der Waals surface area contributed by atoms with Crippen LogP contribution in [-0.2, 0) is 16.8 Å². The van der Waals surface area contributed by atoms with Gasteiger partial charge in [0.2, 0.25) is 11.7 Å². The van der Waals surface area contributed by atoms with Crippen molar-refractivity contribution in [2.45, 2.75) is 39.7 Å². The summed E-state index contributed by atoms with van der Waals surface area (Å²) >= 11 is 5.85. The molecule has 0 radical (unpaired) electrons. The summed E-state index contributed by atoms with van der Waals surface area (Å²) in [4.78, 5) is 38.6. The summed E-state index contributed by atoms with van der Waals surface area (Å²) in [5.74, 6) is -1.45. The molecule has 0 aliphatic carbocycles. The van der Waals surface area contributed by atoms with Crippen LogP contribution in [0.15, 0.2) is 28.8 Å². The van der Waals surface area contributed by atoms with Crippen molar-refractivity contribution in [1.29, 1.82) is 0 Å². The highest BCUT2D eigenvalue weighted by atomic mass is 35.5. The molecule has 0 aliphatic heterocycles. The minimum Gasteiger partial charge on any atom is -0.358 e. The number of amides is 2. The third-order valence-electron chi connectivity index (χ3n) is 4.95. The molecule has 2 N–H and O–H groups in total. The number of nitro groups is 1. The monoisotopic (exact) mass is 489 g/mol. The molecular weight excluding hydrogens is 466 g/mol. The molecule has 0 saturated carbocycles. The first-order valence-electron chi connectivity index (χ1n) is 10.3. The van der Waals surface area contributed by atoms with Crippen molar-refractivity contribution in [3.63, 3.8) is 0 Å². The van der Waals surface area contributed by atoms with Crippen LogP contribution in [-0.4, -0.2) is 49.7 Å². The molecular formula is C21H24ClN7O5. The zero-order valence-electron chi connectivity index (χ0n) is 19.1. The number of carbonyl (C=O) groups excluding carboxylic acids is 2. The molecule has 0 aliphatic rings. The second-order valence-electron chi connectivity index (χ2n) is 8.49. The third kappa shape index (κ3) is 5.76. The number of benzene rings is 1. The molecule has 0 fully saturated rings. The summed E-state index contributed by atoms with van der Waals surface area (Å²) in [5.41, 5.74) is 2.19. The molecule has 3 rings (SSSR count). The molecule has 0 atom stereocenters. The van der Waals surface area contributed by atoms with Gasteiger partial charge in [-0.3, -0.25) is 9.59 Å². The van der Waals surface area contributed by atoms with E-state index in [1.165, 1.54) is 6.92 Å². The van der Waals surface area contributed by atoms with Gasteiger partial charge in [-0.2, -0.15) is 9.67 Å². The number of rotatable bonds is 8. The number of nitrogens with zero attached hydrogens (tertiary/aromatic N) is 5. The van der Waals surface area contributed by atoms with Gasteiger partial charge in [0.15, 0.2) is 5.02 Å². The number of hydrogen-bond donors (Lipinski definition) is 2. The first-order chi connectivity index (χ1) is 16.0. The summed E-state index contributed by atoms with van der Waals surface area (Å²) in [6.45, 7) is 7.81. The quantitative estimate of drug-likeness (QED) is 0.277. The van der Waals surface area contributed by atoms with Crippen LogP contribution in [0.4, 0.5) is 5.82 Å². The van der Waals surface area contributed by atoms with Crippen LogP contribution in [0.5, 0.6) is 0 Å². The highest BCUT2D eigenvalue weighted by Crippen LogP contribution is 2.26. The second-order valence-corrected chi connectivity index (χ2v) is 8.87. The predicted molar refractivity (Wildman–Crippen MR) is 122 cm³/mol. The number of hydrogen-bond acceptors (Lipinski definition) is 8. The lowest BCUT2D eigenvalue weighted by Crippen LogP contribution is -2.36. The maximum Gasteiger partial charge on any atom is 0.408 e. The van der Waals surface area contributed by atoms with E-state index in [0.29, 0.717) is 11.5 Å². The van der Waals surface area contributed by atoms with Gasteiger partial charge >= 0.3 is 17.6 Å². The largest absolute Gasteiger partial charge is 0.408 e. The molecule has 180 valence electrons. The van der Waals surface area contributed by atoms with Crippen molar-refractivity contribution in [2.24, 2.45) is 0 Å². The van der Waals surface area contributed by atoms with E-state index in [0.717, 1.165) is 15.8 Å². The Labute approximate surface area is 199 Å². The van der Waals surface area contributed by atoms with Crippen molar-refractivity contribution in [2.75, 3.05) is 13.1 Å². The Balaban J connectivity index is 1.48. The minimum atomic E-state index is -0.719. The van der Waals surface area contributed by atoms with E-state index >= 15 is 0 Å². The maximum absolute atomic E-state index is 12.2. The summed E-state index contributed by atoms with van der Waals surface area (Å²) in [7, 11) is 0. The van der Waals surface area contributed by atoms with Gasteiger partial charge in [0.25, 0.3) is 0 Å². The lowest BCUT2D eigenvalue weighted by Gasteiger charge is -2.18. The lowest BCUT2D eigenvalue weighted by molar-refractivity contribution is -0.389. The van der Waals surface area contributed by atoms with Gasteiger partial charge in [-0.05, 0) is 22.8 Å². The number of halogens is 1. The molecule has 0 bridgehead atoms. The van der Waals surface area contributed by atoms with Crippen molar-refractivity contribution in [3.8, 4) is 11.4 Å². The molecule has 2 amide bonds. The van der Waals surface area contributed by atoms with Crippen LogP contribution in [0, 0.1) is 17.0 Å². The third-order valence-corrected chi connectivity index (χ3v) is 5.39. The summed E-state index contributed by atoms with van der Waals surface area (Å²) in [6.07, 6.45) is 0. The minimum absolute atomic E-state index is 0.0124. The zero-order chi connectivity index (χ0) is 25.0. The molecule has 2 heterocycles. The van der Waals surface area contributed by atoms with Crippen LogP contribution in [0.3, 0.4) is 0 Å². The Kier molecular flexibility index (Phi) is 7.30. The molecule has 12 nitrogen and oxygen atoms in total. The molecule has 3 aromatic rings. The molecule has 34 heavy (non-hydrogen) atoms. The molecule has 2 aromatic heterocycles. The maximum atomic E-state index is 12.2. The van der Waals surface area contributed by atoms with Crippen LogP contribution in [0.25, 0.3) is 11.4 Å². The fourth-order valence-corrected chi connectivity index (χ4v) is 3.18. The topological polar surface area (TPSA) is 158 Å². The van der Waals surface area contributed by atoms with Gasteiger partial charge in [-0.1, -0.05) is 61.8 Å². The van der Waals surface area contributed by atoms with Crippen molar-refractivity contribution in [1.82, 2.24) is 30.6 Å². The first-order valence-corrected chi connectivity index (χ1v) is 10.7. The van der Waals surface area contributed by atoms with E-state index < -0.39 is 22.6 Å². The van der Waals surface area contributed by atoms with Crippen LogP contribution < -0.4 is 10.6 Å². The normalized spacial score (nSPS) is 11.3. The highest BCUT2D eigenvalue weighted by molar-refractivity contribution is 6.33. The Morgan fingerprint density at radius 2 is 1.82 bits per heavy atom. The fraction of sp³-hybridized carbons (Fsp3) is 0.381. The summed E-state index contributed by atoms with van der Waals surface area (Å²) < 4.78 is 6.18. The van der Waals surface area contributed by atoms with E-state index in [-0.39, 0.29) is 36.0 Å². The van der Waals surface area contributed by atoms with E-state index in [1.54, 1.807) is 0 Å². The van der Waals surface area contributed by atoms with Crippen LogP contribution in [0.2, 0.25) is 5.02 Å². The average molecular weight is 490 g/mol. The average Bonchev–Trinajstić information content (AvgIpc) is 3.37. The van der Waals surface area contributed by atoms with Gasteiger partial charge in [0.1, 0.15) is 6.54 Å². The van der Waals surface area contributed by atoms with Crippen molar-refractivity contribution < 1.29 is 19.0 Å². The van der Waals surface area contributed by atoms with E-state index in [4.69, 9.17) is 16.1 Å².